The molecule has 1 aliphatic heterocycles. The fourth-order valence-corrected chi connectivity index (χ4v) is 5.01. The van der Waals surface area contributed by atoms with Crippen molar-refractivity contribution >= 4 is 32.6 Å². The van der Waals surface area contributed by atoms with Crippen LogP contribution in [0.25, 0.3) is 21.5 Å². The highest BCUT2D eigenvalue weighted by Gasteiger charge is 2.23. The zero-order chi connectivity index (χ0) is 23.1. The fraction of sp³-hybridized carbons (Fsp3) is 0.333. The van der Waals surface area contributed by atoms with Crippen molar-refractivity contribution in [2.75, 3.05) is 30.9 Å². The van der Waals surface area contributed by atoms with Crippen LogP contribution in [0, 0.1) is 20.8 Å². The van der Waals surface area contributed by atoms with Crippen LogP contribution in [0.3, 0.4) is 0 Å². The van der Waals surface area contributed by atoms with E-state index in [1.54, 1.807) is 7.11 Å². The molecule has 0 unspecified atom stereocenters. The van der Waals surface area contributed by atoms with Gasteiger partial charge in [0.15, 0.2) is 5.13 Å². The number of pyridine rings is 1. The second kappa shape index (κ2) is 8.57. The first kappa shape index (κ1) is 21.5. The summed E-state index contributed by atoms with van der Waals surface area (Å²) in [5, 5.41) is 0.527. The lowest BCUT2D eigenvalue weighted by Gasteiger charge is -2.25. The average molecular weight is 463 g/mol. The number of ether oxygens (including phenoxy) is 2. The highest BCUT2D eigenvalue weighted by Crippen LogP contribution is 2.35. The van der Waals surface area contributed by atoms with Crippen molar-refractivity contribution in [1.29, 1.82) is 0 Å². The number of aromatic nitrogens is 4. The molecular formula is C24H26N6O2S. The number of thiazole rings is 1. The molecule has 3 aromatic heterocycles. The molecule has 9 heteroatoms. The largest absolute Gasteiger partial charge is 0.491 e. The Bertz CT molecular complexity index is 1350. The number of aryl methyl sites for hydroxylation is 3. The number of nitrogens with two attached hydrogens (primary N) is 1. The van der Waals surface area contributed by atoms with Crippen LogP contribution in [-0.4, -0.2) is 40.2 Å². The highest BCUT2D eigenvalue weighted by molar-refractivity contribution is 7.21. The zero-order valence-electron chi connectivity index (χ0n) is 19.2. The van der Waals surface area contributed by atoms with Crippen LogP contribution in [0.5, 0.6) is 5.75 Å². The van der Waals surface area contributed by atoms with Crippen molar-refractivity contribution in [2.45, 2.75) is 33.9 Å². The van der Waals surface area contributed by atoms with Crippen LogP contribution < -0.4 is 15.4 Å². The number of anilines is 2. The van der Waals surface area contributed by atoms with Gasteiger partial charge in [-0.25, -0.2) is 19.9 Å². The van der Waals surface area contributed by atoms with E-state index in [0.29, 0.717) is 24.9 Å². The Morgan fingerprint density at radius 1 is 1.12 bits per heavy atom. The Morgan fingerprint density at radius 3 is 2.79 bits per heavy atom. The Morgan fingerprint density at radius 2 is 1.97 bits per heavy atom. The van der Waals surface area contributed by atoms with Gasteiger partial charge in [-0.1, -0.05) is 11.3 Å². The summed E-state index contributed by atoms with van der Waals surface area (Å²) in [5.74, 6) is 2.59. The molecule has 0 spiro atoms. The minimum atomic E-state index is 0.465. The molecule has 4 aromatic rings. The van der Waals surface area contributed by atoms with Crippen molar-refractivity contribution in [3.8, 4) is 16.9 Å². The number of hydrogen-bond acceptors (Lipinski definition) is 9. The van der Waals surface area contributed by atoms with Crippen LogP contribution in [0.2, 0.25) is 0 Å². The smallest absolute Gasteiger partial charge is 0.182 e. The Balaban J connectivity index is 1.56. The average Bonchev–Trinajstić information content (AvgIpc) is 3.01. The summed E-state index contributed by atoms with van der Waals surface area (Å²) in [7, 11) is 1.69. The van der Waals surface area contributed by atoms with Gasteiger partial charge in [-0.15, -0.1) is 0 Å². The van der Waals surface area contributed by atoms with Crippen molar-refractivity contribution in [2.24, 2.45) is 0 Å². The molecule has 0 radical (unpaired) electrons. The number of rotatable bonds is 4. The van der Waals surface area contributed by atoms with Gasteiger partial charge < -0.3 is 20.1 Å². The topological polar surface area (TPSA) is 99.3 Å². The van der Waals surface area contributed by atoms with E-state index >= 15 is 0 Å². The van der Waals surface area contributed by atoms with Gasteiger partial charge in [0.2, 0.25) is 0 Å². The van der Waals surface area contributed by atoms with E-state index in [1.807, 2.05) is 26.1 Å². The van der Waals surface area contributed by atoms with E-state index in [0.717, 1.165) is 67.8 Å². The van der Waals surface area contributed by atoms with Gasteiger partial charge >= 0.3 is 0 Å². The molecule has 2 N–H and O–H groups in total. The third-order valence-electron chi connectivity index (χ3n) is 5.81. The van der Waals surface area contributed by atoms with Crippen molar-refractivity contribution in [1.82, 2.24) is 19.9 Å². The summed E-state index contributed by atoms with van der Waals surface area (Å²) < 4.78 is 11.7. The number of nitrogens with zero attached hydrogens (tertiary/aromatic N) is 5. The first-order chi connectivity index (χ1) is 15.9. The maximum absolute atomic E-state index is 6.20. The monoisotopic (exact) mass is 462 g/mol. The summed E-state index contributed by atoms with van der Waals surface area (Å²) in [6.07, 6.45) is 1.88. The molecule has 0 atom stereocenters. The molecule has 0 bridgehead atoms. The van der Waals surface area contributed by atoms with E-state index in [1.165, 1.54) is 11.3 Å². The second-order valence-electron chi connectivity index (χ2n) is 8.24. The number of methoxy groups -OCH3 is 1. The van der Waals surface area contributed by atoms with Crippen LogP contribution in [0.15, 0.2) is 24.4 Å². The summed E-state index contributed by atoms with van der Waals surface area (Å²) >= 11 is 1.40. The van der Waals surface area contributed by atoms with Crippen LogP contribution in [-0.2, 0) is 17.9 Å². The lowest BCUT2D eigenvalue weighted by molar-refractivity contribution is 0.184. The van der Waals surface area contributed by atoms with Gasteiger partial charge in [0.05, 0.1) is 13.2 Å². The molecule has 1 aliphatic rings. The third kappa shape index (κ3) is 4.09. The van der Waals surface area contributed by atoms with Crippen molar-refractivity contribution in [3.63, 3.8) is 0 Å². The molecule has 0 aliphatic carbocycles. The predicted octanol–water partition coefficient (Wildman–Crippen LogP) is 4.20. The molecule has 4 heterocycles. The normalized spacial score (nSPS) is 13.6. The Hall–Kier alpha value is -3.30. The predicted molar refractivity (Wildman–Crippen MR) is 131 cm³/mol. The van der Waals surface area contributed by atoms with Crippen LogP contribution in [0.4, 0.5) is 10.9 Å². The minimum absolute atomic E-state index is 0.465. The van der Waals surface area contributed by atoms with Crippen LogP contribution in [0.1, 0.15) is 28.2 Å². The molecule has 1 aromatic carbocycles. The van der Waals surface area contributed by atoms with E-state index in [-0.39, 0.29) is 0 Å². The lowest BCUT2D eigenvalue weighted by Crippen LogP contribution is -2.28. The molecule has 8 nitrogen and oxygen atoms in total. The zero-order valence-corrected chi connectivity index (χ0v) is 20.0. The van der Waals surface area contributed by atoms with E-state index in [4.69, 9.17) is 20.2 Å². The number of hydrogen-bond donors (Lipinski definition) is 1. The quantitative estimate of drug-likeness (QED) is 0.482. The maximum Gasteiger partial charge on any atom is 0.182 e. The first-order valence-electron chi connectivity index (χ1n) is 10.8. The lowest BCUT2D eigenvalue weighted by atomic mass is 9.99. The summed E-state index contributed by atoms with van der Waals surface area (Å²) in [4.78, 5) is 21.4. The number of nitrogen functional groups attached to an aromatic ring is 1. The molecule has 0 fully saturated rings. The summed E-state index contributed by atoms with van der Waals surface area (Å²) in [6, 6.07) is 6.36. The van der Waals surface area contributed by atoms with Crippen molar-refractivity contribution < 1.29 is 9.47 Å². The standard InChI is InChI=1S/C24H26N6O2S/c1-13-7-16(17-9-20-23(26-10-17)33-24(25)29-20)8-18-11-30(5-6-32-21(13)18)22-19(12-31-4)14(2)27-15(3)28-22/h7-10H,5-6,11-12H2,1-4H3,(H2,25,29). The van der Waals surface area contributed by atoms with Gasteiger partial charge in [0.1, 0.15) is 34.3 Å². The van der Waals surface area contributed by atoms with Gasteiger partial charge in [-0.2, -0.15) is 0 Å². The summed E-state index contributed by atoms with van der Waals surface area (Å²) in [5.41, 5.74) is 12.9. The van der Waals surface area contributed by atoms with E-state index in [2.05, 4.69) is 38.9 Å². The number of fused-ring (bicyclic) bond motifs is 2. The molecule has 0 saturated carbocycles. The van der Waals surface area contributed by atoms with Gasteiger partial charge in [0.25, 0.3) is 0 Å². The molecule has 0 saturated heterocycles. The summed E-state index contributed by atoms with van der Waals surface area (Å²) in [6.45, 7) is 8.45. The minimum Gasteiger partial charge on any atom is -0.491 e. The third-order valence-corrected chi connectivity index (χ3v) is 6.62. The maximum atomic E-state index is 6.20. The van der Waals surface area contributed by atoms with E-state index in [9.17, 15) is 0 Å². The molecule has 170 valence electrons. The first-order valence-corrected chi connectivity index (χ1v) is 11.6. The van der Waals surface area contributed by atoms with Crippen molar-refractivity contribution in [3.05, 3.63) is 52.6 Å². The Labute approximate surface area is 196 Å². The molecule has 33 heavy (non-hydrogen) atoms. The van der Waals surface area contributed by atoms with E-state index < -0.39 is 0 Å². The SMILES string of the molecule is COCc1c(C)nc(C)nc1N1CCOc2c(C)cc(-c3cnc4sc(N)nc4c3)cc2C1. The van der Waals surface area contributed by atoms with Gasteiger partial charge in [-0.3, -0.25) is 0 Å². The van der Waals surface area contributed by atoms with Gasteiger partial charge in [0, 0.05) is 42.2 Å². The van der Waals surface area contributed by atoms with Gasteiger partial charge in [-0.05, 0) is 50.1 Å². The molecular weight excluding hydrogens is 436 g/mol. The highest BCUT2D eigenvalue weighted by atomic mass is 32.1. The number of benzene rings is 1. The van der Waals surface area contributed by atoms with Crippen LogP contribution >= 0.6 is 11.3 Å². The fourth-order valence-electron chi connectivity index (χ4n) is 4.35. The second-order valence-corrected chi connectivity index (χ2v) is 9.25. The Kier molecular flexibility index (Phi) is 5.59. The molecule has 5 rings (SSSR count). The molecule has 0 amide bonds.